The van der Waals surface area contributed by atoms with Crippen LogP contribution in [0.1, 0.15) is 19.8 Å². The number of rotatable bonds is 4. The van der Waals surface area contributed by atoms with Gasteiger partial charge in [0, 0.05) is 23.5 Å². The van der Waals surface area contributed by atoms with Crippen LogP contribution in [0.4, 0.5) is 27.5 Å². The predicted octanol–water partition coefficient (Wildman–Crippen LogP) is 3.77. The predicted molar refractivity (Wildman–Crippen MR) is 108 cm³/mol. The molecule has 1 amide bonds. The molecule has 1 aliphatic carbocycles. The highest BCUT2D eigenvalue weighted by atomic mass is 19.1. The summed E-state index contributed by atoms with van der Waals surface area (Å²) in [6.07, 6.45) is 7.14. The molecular weight excluding hydrogens is 375 g/mol. The Morgan fingerprint density at radius 1 is 1.45 bits per heavy atom. The van der Waals surface area contributed by atoms with Gasteiger partial charge in [0.2, 0.25) is 0 Å². The maximum Gasteiger partial charge on any atom is 0.265 e. The van der Waals surface area contributed by atoms with E-state index < -0.39 is 11.9 Å². The van der Waals surface area contributed by atoms with Gasteiger partial charge in [-0.2, -0.15) is 4.98 Å². The van der Waals surface area contributed by atoms with E-state index in [1.807, 2.05) is 12.2 Å². The molecule has 1 aromatic heterocycles. The molecule has 2 atom stereocenters. The summed E-state index contributed by atoms with van der Waals surface area (Å²) in [6.45, 7) is 1.66. The molecule has 4 rings (SSSR count). The second-order valence-corrected chi connectivity index (χ2v) is 6.78. The molecule has 29 heavy (non-hydrogen) atoms. The first-order chi connectivity index (χ1) is 14.0. The molecule has 0 radical (unpaired) electrons. The highest BCUT2D eigenvalue weighted by Gasteiger charge is 2.23. The lowest BCUT2D eigenvalue weighted by Gasteiger charge is -2.23. The summed E-state index contributed by atoms with van der Waals surface area (Å²) < 4.78 is 19.7. The van der Waals surface area contributed by atoms with Crippen LogP contribution in [0, 0.1) is 17.1 Å². The van der Waals surface area contributed by atoms with Crippen molar-refractivity contribution >= 4 is 41.0 Å². The van der Waals surface area contributed by atoms with Crippen molar-refractivity contribution in [3.63, 3.8) is 0 Å². The normalized spacial score (nSPS) is 21.9. The van der Waals surface area contributed by atoms with Gasteiger partial charge >= 0.3 is 0 Å². The summed E-state index contributed by atoms with van der Waals surface area (Å²) in [5.74, 6) is -0.0736. The molecule has 1 aliphatic heterocycles. The Morgan fingerprint density at radius 3 is 3.07 bits per heavy atom. The van der Waals surface area contributed by atoms with Crippen molar-refractivity contribution in [2.45, 2.75) is 25.9 Å². The van der Waals surface area contributed by atoms with Gasteiger partial charge in [-0.15, -0.1) is 0 Å². The molecule has 0 saturated carbocycles. The Hall–Kier alpha value is -3.62. The van der Waals surface area contributed by atoms with Crippen LogP contribution in [0.5, 0.6) is 5.75 Å². The van der Waals surface area contributed by atoms with Crippen LogP contribution in [-0.4, -0.2) is 33.9 Å². The molecule has 2 heterocycles. The Bertz CT molecular complexity index is 1040. The fourth-order valence-electron chi connectivity index (χ4n) is 3.01. The number of aromatic nitrogens is 2. The fourth-order valence-corrected chi connectivity index (χ4v) is 3.01. The minimum absolute atomic E-state index is 0.0205. The topological polar surface area (TPSA) is 112 Å². The number of ether oxygens (including phenoxy) is 1. The molecule has 0 saturated heterocycles. The summed E-state index contributed by atoms with van der Waals surface area (Å²) >= 11 is 0. The van der Waals surface area contributed by atoms with E-state index in [1.165, 1.54) is 6.21 Å². The Kier molecular flexibility index (Phi) is 5.03. The Balaban J connectivity index is 1.55. The van der Waals surface area contributed by atoms with Crippen molar-refractivity contribution in [2.75, 3.05) is 10.6 Å². The van der Waals surface area contributed by atoms with Crippen molar-refractivity contribution in [1.82, 2.24) is 9.97 Å². The average Bonchev–Trinajstić information content (AvgIpc) is 2.72. The molecule has 1 aromatic carbocycles. The van der Waals surface area contributed by atoms with E-state index >= 15 is 0 Å². The minimum atomic E-state index is -0.622. The zero-order valence-corrected chi connectivity index (χ0v) is 15.6. The van der Waals surface area contributed by atoms with Gasteiger partial charge in [0.15, 0.2) is 17.7 Å². The van der Waals surface area contributed by atoms with Gasteiger partial charge in [-0.3, -0.25) is 4.79 Å². The number of hydrogen-bond donors (Lipinski definition) is 3. The van der Waals surface area contributed by atoms with Gasteiger partial charge in [0.05, 0.1) is 11.9 Å². The first kappa shape index (κ1) is 18.7. The third kappa shape index (κ3) is 4.13. The van der Waals surface area contributed by atoms with Crippen molar-refractivity contribution in [3.05, 3.63) is 42.4 Å². The van der Waals surface area contributed by atoms with Crippen LogP contribution in [0.25, 0.3) is 0 Å². The molecule has 148 valence electrons. The van der Waals surface area contributed by atoms with E-state index in [9.17, 15) is 9.18 Å². The van der Waals surface area contributed by atoms with Crippen LogP contribution in [0.3, 0.4) is 0 Å². The average molecular weight is 394 g/mol. The van der Waals surface area contributed by atoms with E-state index in [2.05, 4.69) is 25.6 Å². The molecular formula is C20H19FN6O2. The number of hydrogen-bond acceptors (Lipinski definition) is 7. The van der Waals surface area contributed by atoms with E-state index in [1.54, 1.807) is 25.1 Å². The number of anilines is 3. The zero-order valence-electron chi connectivity index (χ0n) is 15.6. The number of fused-ring (bicyclic) bond motifs is 1. The summed E-state index contributed by atoms with van der Waals surface area (Å²) in [5, 5.41) is 12.9. The molecule has 0 fully saturated rings. The van der Waals surface area contributed by atoms with E-state index in [0.29, 0.717) is 23.5 Å². The minimum Gasteiger partial charge on any atom is -0.479 e. The number of nitrogens with zero attached hydrogens (tertiary/aromatic N) is 3. The molecule has 8 nitrogen and oxygen atoms in total. The summed E-state index contributed by atoms with van der Waals surface area (Å²) in [4.78, 5) is 24.2. The number of carbonyl (C=O) groups is 1. The van der Waals surface area contributed by atoms with Crippen LogP contribution in [-0.2, 0) is 4.79 Å². The van der Waals surface area contributed by atoms with Gasteiger partial charge in [-0.05, 0) is 44.0 Å². The lowest BCUT2D eigenvalue weighted by atomic mass is 9.96. The molecule has 9 heteroatoms. The third-order valence-electron chi connectivity index (χ3n) is 4.63. The van der Waals surface area contributed by atoms with Crippen LogP contribution < -0.4 is 15.4 Å². The molecule has 1 unspecified atom stereocenters. The molecule has 2 aromatic rings. The summed E-state index contributed by atoms with van der Waals surface area (Å²) in [5.41, 5.74) is 1.81. The van der Waals surface area contributed by atoms with E-state index in [-0.39, 0.29) is 23.6 Å². The fraction of sp³-hybridized carbons (Fsp3) is 0.250. The van der Waals surface area contributed by atoms with Gasteiger partial charge in [0.25, 0.3) is 11.9 Å². The van der Waals surface area contributed by atoms with Gasteiger partial charge < -0.3 is 20.8 Å². The molecule has 2 aliphatic rings. The van der Waals surface area contributed by atoms with Crippen molar-refractivity contribution in [1.29, 1.82) is 5.41 Å². The van der Waals surface area contributed by atoms with Gasteiger partial charge in [0.1, 0.15) is 5.75 Å². The summed E-state index contributed by atoms with van der Waals surface area (Å²) in [6, 6.07) is 5.05. The van der Waals surface area contributed by atoms with Crippen molar-refractivity contribution < 1.29 is 13.9 Å². The Morgan fingerprint density at radius 2 is 2.31 bits per heavy atom. The van der Waals surface area contributed by atoms with Crippen molar-refractivity contribution in [3.8, 4) is 5.75 Å². The number of benzene rings is 1. The standard InChI is InChI=1S/C20H19FN6O2/c1-11-19(28)26-16-8-14(6-7-17(16)29-11)24-18-15(21)10-23-20(27-18)25-13-4-2-12(9-22)3-5-13/h2,4,6-12,22H,3,5H2,1H3,(H,26,28)(H,23,24,27)/t11-,12?/m0/s1. The largest absolute Gasteiger partial charge is 0.479 e. The highest BCUT2D eigenvalue weighted by molar-refractivity contribution is 5.98. The molecule has 0 bridgehead atoms. The second kappa shape index (κ2) is 7.78. The smallest absolute Gasteiger partial charge is 0.265 e. The quantitative estimate of drug-likeness (QED) is 0.684. The zero-order chi connectivity index (χ0) is 20.4. The number of aliphatic imine (C=N–C) groups is 1. The van der Waals surface area contributed by atoms with Crippen LogP contribution in [0.2, 0.25) is 0 Å². The third-order valence-corrected chi connectivity index (χ3v) is 4.63. The Labute approximate surface area is 166 Å². The molecule has 0 spiro atoms. The number of carbonyl (C=O) groups excluding carboxylic acids is 1. The van der Waals surface area contributed by atoms with E-state index in [4.69, 9.17) is 10.1 Å². The SMILES string of the molecule is C[C@@H]1Oc2ccc(Nc3nc(N=C4C=CC(C=N)CC4)ncc3F)cc2NC1=O. The van der Waals surface area contributed by atoms with Gasteiger partial charge in [-0.25, -0.2) is 14.4 Å². The second-order valence-electron chi connectivity index (χ2n) is 6.78. The van der Waals surface area contributed by atoms with E-state index in [0.717, 1.165) is 18.3 Å². The maximum atomic E-state index is 14.2. The lowest BCUT2D eigenvalue weighted by Crippen LogP contribution is -2.34. The number of amides is 1. The van der Waals surface area contributed by atoms with Crippen molar-refractivity contribution in [2.24, 2.45) is 10.9 Å². The number of nitrogens with one attached hydrogen (secondary N) is 3. The first-order valence-electron chi connectivity index (χ1n) is 9.19. The van der Waals surface area contributed by atoms with Crippen LogP contribution >= 0.6 is 0 Å². The summed E-state index contributed by atoms with van der Waals surface area (Å²) in [7, 11) is 0. The molecule has 3 N–H and O–H groups in total. The maximum absolute atomic E-state index is 14.2. The monoisotopic (exact) mass is 394 g/mol. The number of halogens is 1. The number of allylic oxidation sites excluding steroid dienone is 2. The van der Waals surface area contributed by atoms with Crippen LogP contribution in [0.15, 0.2) is 41.5 Å². The van der Waals surface area contributed by atoms with Gasteiger partial charge in [-0.1, -0.05) is 6.08 Å². The lowest BCUT2D eigenvalue weighted by molar-refractivity contribution is -0.122. The highest BCUT2D eigenvalue weighted by Crippen LogP contribution is 2.33. The first-order valence-corrected chi connectivity index (χ1v) is 9.19.